The first-order chi connectivity index (χ1) is 13.4. The Labute approximate surface area is 159 Å². The fourth-order valence-corrected chi connectivity index (χ4v) is 3.37. The molecule has 7 nitrogen and oxygen atoms in total. The number of hydrogen-bond acceptors (Lipinski definition) is 5. The molecule has 0 aromatic heterocycles. The molecule has 1 amide bonds. The maximum atomic E-state index is 12.8. The lowest BCUT2D eigenvalue weighted by molar-refractivity contribution is -0.385. The molecule has 3 rings (SSSR count). The van der Waals surface area contributed by atoms with Crippen molar-refractivity contribution in [2.24, 2.45) is 0 Å². The Morgan fingerprint density at radius 1 is 1.29 bits per heavy atom. The van der Waals surface area contributed by atoms with Gasteiger partial charge in [0.1, 0.15) is 5.56 Å². The highest BCUT2D eigenvalue weighted by atomic mass is 19.3. The van der Waals surface area contributed by atoms with E-state index in [2.05, 4.69) is 10.1 Å². The highest BCUT2D eigenvalue weighted by Gasteiger charge is 2.28. The first-order valence-electron chi connectivity index (χ1n) is 8.60. The quantitative estimate of drug-likeness (QED) is 0.592. The summed E-state index contributed by atoms with van der Waals surface area (Å²) in [5.74, 6) is -1.39. The van der Waals surface area contributed by atoms with Crippen LogP contribution in [0, 0.1) is 10.1 Å². The fourth-order valence-electron chi connectivity index (χ4n) is 3.37. The average Bonchev–Trinajstić information content (AvgIpc) is 2.67. The van der Waals surface area contributed by atoms with E-state index in [1.54, 1.807) is 0 Å². The van der Waals surface area contributed by atoms with Gasteiger partial charge < -0.3 is 14.8 Å². The summed E-state index contributed by atoms with van der Waals surface area (Å²) >= 11 is 0. The number of benzene rings is 2. The summed E-state index contributed by atoms with van der Waals surface area (Å²) in [5.41, 5.74) is 1.16. The van der Waals surface area contributed by atoms with Gasteiger partial charge in [0.2, 0.25) is 0 Å². The number of ether oxygens (including phenoxy) is 2. The predicted octanol–water partition coefficient (Wildman–Crippen LogP) is 4.01. The topological polar surface area (TPSA) is 90.7 Å². The fraction of sp³-hybridized carbons (Fsp3) is 0.316. The van der Waals surface area contributed by atoms with Crippen LogP contribution < -0.4 is 14.8 Å². The summed E-state index contributed by atoms with van der Waals surface area (Å²) in [6.45, 7) is -3.19. The highest BCUT2D eigenvalue weighted by molar-refractivity contribution is 5.99. The number of rotatable bonds is 6. The van der Waals surface area contributed by atoms with E-state index in [9.17, 15) is 23.7 Å². The van der Waals surface area contributed by atoms with Crippen LogP contribution in [0.15, 0.2) is 36.4 Å². The van der Waals surface area contributed by atoms with Crippen molar-refractivity contribution in [1.29, 1.82) is 0 Å². The lowest BCUT2D eigenvalue weighted by Crippen LogP contribution is -2.31. The number of amides is 1. The molecule has 0 fully saturated rings. The molecule has 0 spiro atoms. The molecule has 1 atom stereocenters. The van der Waals surface area contributed by atoms with Crippen molar-refractivity contribution >= 4 is 11.6 Å². The number of carbonyl (C=O) groups excluding carboxylic acids is 1. The van der Waals surface area contributed by atoms with Crippen LogP contribution in [0.4, 0.5) is 14.5 Å². The van der Waals surface area contributed by atoms with Gasteiger partial charge in [-0.25, -0.2) is 0 Å². The van der Waals surface area contributed by atoms with Crippen molar-refractivity contribution in [3.63, 3.8) is 0 Å². The Kier molecular flexibility index (Phi) is 5.72. The zero-order valence-corrected chi connectivity index (χ0v) is 15.0. The number of carbonyl (C=O) groups is 1. The van der Waals surface area contributed by atoms with Gasteiger partial charge in [-0.1, -0.05) is 24.3 Å². The second-order valence-electron chi connectivity index (χ2n) is 6.27. The molecule has 2 aromatic carbocycles. The van der Waals surface area contributed by atoms with Gasteiger partial charge >= 0.3 is 6.61 Å². The van der Waals surface area contributed by atoms with E-state index in [1.165, 1.54) is 7.11 Å². The minimum Gasteiger partial charge on any atom is -0.493 e. The van der Waals surface area contributed by atoms with Crippen LogP contribution in [0.3, 0.4) is 0 Å². The Bertz CT molecular complexity index is 904. The maximum absolute atomic E-state index is 12.8. The van der Waals surface area contributed by atoms with Crippen LogP contribution >= 0.6 is 0 Å². The number of nitrogens with one attached hydrogen (secondary N) is 1. The third-order valence-corrected chi connectivity index (χ3v) is 4.61. The number of nitro benzene ring substituents is 1. The average molecular weight is 392 g/mol. The lowest BCUT2D eigenvalue weighted by Gasteiger charge is -2.26. The van der Waals surface area contributed by atoms with Crippen molar-refractivity contribution in [3.05, 3.63) is 63.2 Å². The van der Waals surface area contributed by atoms with Crippen LogP contribution in [0.25, 0.3) is 0 Å². The minimum atomic E-state index is -3.19. The lowest BCUT2D eigenvalue weighted by atomic mass is 9.87. The number of halogens is 2. The van der Waals surface area contributed by atoms with Gasteiger partial charge in [0.05, 0.1) is 24.1 Å². The Morgan fingerprint density at radius 2 is 2.04 bits per heavy atom. The standard InChI is InChI=1S/C19H18F2N2O5/c1-27-16-9-13(15(23(25)26)10-17(16)28-19(20)21)18(24)22-14-8-4-6-11-5-2-3-7-12(11)14/h2-3,5,7,9-10,14,19H,4,6,8H2,1H3,(H,22,24). The van der Waals surface area contributed by atoms with Gasteiger partial charge in [-0.05, 0) is 30.4 Å². The van der Waals surface area contributed by atoms with Crippen LogP contribution in [0.2, 0.25) is 0 Å². The summed E-state index contributed by atoms with van der Waals surface area (Å²) < 4.78 is 34.3. The van der Waals surface area contributed by atoms with E-state index in [0.29, 0.717) is 6.42 Å². The summed E-state index contributed by atoms with van der Waals surface area (Å²) in [7, 11) is 1.19. The maximum Gasteiger partial charge on any atom is 0.387 e. The highest BCUT2D eigenvalue weighted by Crippen LogP contribution is 2.36. The second-order valence-corrected chi connectivity index (χ2v) is 6.27. The third-order valence-electron chi connectivity index (χ3n) is 4.61. The molecule has 28 heavy (non-hydrogen) atoms. The summed E-state index contributed by atoms with van der Waals surface area (Å²) in [6, 6.07) is 9.20. The Morgan fingerprint density at radius 3 is 2.71 bits per heavy atom. The number of hydrogen-bond donors (Lipinski definition) is 1. The molecule has 1 aliphatic rings. The van der Waals surface area contributed by atoms with Gasteiger partial charge in [-0.15, -0.1) is 0 Å². The van der Waals surface area contributed by atoms with Gasteiger partial charge in [0.25, 0.3) is 11.6 Å². The Balaban J connectivity index is 1.94. The monoisotopic (exact) mass is 392 g/mol. The molecule has 0 heterocycles. The summed E-state index contributed by atoms with van der Waals surface area (Å²) in [5, 5.41) is 14.2. The van der Waals surface area contributed by atoms with E-state index < -0.39 is 28.9 Å². The number of fused-ring (bicyclic) bond motifs is 1. The number of methoxy groups -OCH3 is 1. The van der Waals surface area contributed by atoms with Crippen molar-refractivity contribution in [2.75, 3.05) is 7.11 Å². The van der Waals surface area contributed by atoms with Gasteiger partial charge in [0.15, 0.2) is 11.5 Å². The molecule has 1 aliphatic carbocycles. The molecule has 2 aromatic rings. The molecular weight excluding hydrogens is 374 g/mol. The van der Waals surface area contributed by atoms with E-state index in [0.717, 1.165) is 36.1 Å². The van der Waals surface area contributed by atoms with E-state index in [4.69, 9.17) is 4.74 Å². The van der Waals surface area contributed by atoms with E-state index in [1.807, 2.05) is 24.3 Å². The first kappa shape index (κ1) is 19.5. The largest absolute Gasteiger partial charge is 0.493 e. The van der Waals surface area contributed by atoms with Gasteiger partial charge in [-0.2, -0.15) is 8.78 Å². The molecule has 148 valence electrons. The first-order valence-corrected chi connectivity index (χ1v) is 8.60. The number of nitrogens with zero attached hydrogens (tertiary/aromatic N) is 1. The minimum absolute atomic E-state index is 0.194. The van der Waals surface area contributed by atoms with Crippen LogP contribution in [0.1, 0.15) is 40.4 Å². The summed E-state index contributed by atoms with van der Waals surface area (Å²) in [4.78, 5) is 23.4. The third kappa shape index (κ3) is 4.03. The molecule has 0 saturated carbocycles. The van der Waals surface area contributed by atoms with Crippen molar-refractivity contribution < 1.29 is 28.0 Å². The zero-order valence-electron chi connectivity index (χ0n) is 15.0. The number of aryl methyl sites for hydroxylation is 1. The SMILES string of the molecule is COc1cc(C(=O)NC2CCCc3ccccc32)c([N+](=O)[O-])cc1OC(F)F. The molecular formula is C19H18F2N2O5. The normalized spacial score (nSPS) is 15.6. The van der Waals surface area contributed by atoms with Crippen molar-refractivity contribution in [3.8, 4) is 11.5 Å². The second kappa shape index (κ2) is 8.20. The molecule has 0 aliphatic heterocycles. The molecule has 0 saturated heterocycles. The zero-order chi connectivity index (χ0) is 20.3. The number of nitro groups is 1. The van der Waals surface area contributed by atoms with Gasteiger partial charge in [0, 0.05) is 6.07 Å². The molecule has 0 bridgehead atoms. The van der Waals surface area contributed by atoms with Gasteiger partial charge in [-0.3, -0.25) is 14.9 Å². The van der Waals surface area contributed by atoms with Crippen LogP contribution in [-0.4, -0.2) is 24.6 Å². The van der Waals surface area contributed by atoms with Crippen LogP contribution in [-0.2, 0) is 6.42 Å². The summed E-state index contributed by atoms with van der Waals surface area (Å²) in [6.07, 6.45) is 2.46. The van der Waals surface area contributed by atoms with E-state index in [-0.39, 0.29) is 17.4 Å². The van der Waals surface area contributed by atoms with Crippen molar-refractivity contribution in [1.82, 2.24) is 5.32 Å². The molecule has 9 heteroatoms. The van der Waals surface area contributed by atoms with Crippen LogP contribution in [0.5, 0.6) is 11.5 Å². The Hall–Kier alpha value is -3.23. The predicted molar refractivity (Wildman–Crippen MR) is 95.9 cm³/mol. The van der Waals surface area contributed by atoms with Crippen molar-refractivity contribution in [2.45, 2.75) is 31.9 Å². The number of alkyl halides is 2. The molecule has 1 unspecified atom stereocenters. The smallest absolute Gasteiger partial charge is 0.387 e. The van der Waals surface area contributed by atoms with E-state index >= 15 is 0 Å². The molecule has 0 radical (unpaired) electrons. The molecule has 1 N–H and O–H groups in total.